The van der Waals surface area contributed by atoms with Crippen molar-refractivity contribution in [3.63, 3.8) is 0 Å². The molecule has 0 fully saturated rings. The number of anilines is 1. The monoisotopic (exact) mass is 463 g/mol. The third kappa shape index (κ3) is 11.9. The van der Waals surface area contributed by atoms with Gasteiger partial charge in [-0.2, -0.15) is 0 Å². The van der Waals surface area contributed by atoms with E-state index < -0.39 is 0 Å². The van der Waals surface area contributed by atoms with E-state index in [1.165, 1.54) is 100 Å². The van der Waals surface area contributed by atoms with Crippen LogP contribution in [0.15, 0.2) is 48.8 Å². The first-order chi connectivity index (χ1) is 16.8. The summed E-state index contributed by atoms with van der Waals surface area (Å²) < 4.78 is 2.33. The van der Waals surface area contributed by atoms with E-state index in [4.69, 9.17) is 0 Å². The van der Waals surface area contributed by atoms with E-state index in [0.717, 1.165) is 19.6 Å². The fraction of sp³-hybridized carbons (Fsp3) is 0.594. The smallest absolute Gasteiger partial charge is 0.169 e. The highest BCUT2D eigenvalue weighted by Gasteiger charge is 2.05. The van der Waals surface area contributed by atoms with Gasteiger partial charge in [0.05, 0.1) is 0 Å². The Bertz CT molecular complexity index is 753. The van der Waals surface area contributed by atoms with E-state index in [1.807, 2.05) is 0 Å². The maximum atomic E-state index is 2.55. The lowest BCUT2D eigenvalue weighted by atomic mass is 10.1. The molecule has 0 spiro atoms. The number of hydrogen-bond donors (Lipinski definition) is 0. The first kappa shape index (κ1) is 28.1. The van der Waals surface area contributed by atoms with Crippen LogP contribution in [0.4, 0.5) is 5.69 Å². The van der Waals surface area contributed by atoms with Gasteiger partial charge in [0.2, 0.25) is 0 Å². The zero-order valence-corrected chi connectivity index (χ0v) is 22.5. The number of nitrogens with zero attached hydrogens (tertiary/aromatic N) is 2. The van der Waals surface area contributed by atoms with Gasteiger partial charge in [-0.3, -0.25) is 0 Å². The lowest BCUT2D eigenvalue weighted by Crippen LogP contribution is -2.32. The molecule has 0 bridgehead atoms. The first-order valence-electron chi connectivity index (χ1n) is 14.3. The summed E-state index contributed by atoms with van der Waals surface area (Å²) in [7, 11) is 0. The van der Waals surface area contributed by atoms with Crippen LogP contribution in [0.3, 0.4) is 0 Å². The summed E-state index contributed by atoms with van der Waals surface area (Å²) in [5, 5.41) is 0. The van der Waals surface area contributed by atoms with Crippen LogP contribution in [-0.2, 0) is 6.54 Å². The Kier molecular flexibility index (Phi) is 15.1. The molecule has 0 N–H and O–H groups in total. The van der Waals surface area contributed by atoms with Crippen molar-refractivity contribution in [3.8, 4) is 0 Å². The molecule has 0 atom stereocenters. The quantitative estimate of drug-likeness (QED) is 0.149. The number of aromatic nitrogens is 1. The van der Waals surface area contributed by atoms with E-state index in [9.17, 15) is 0 Å². The fourth-order valence-electron chi connectivity index (χ4n) is 4.39. The molecule has 2 rings (SSSR count). The average Bonchev–Trinajstić information content (AvgIpc) is 2.88. The minimum atomic E-state index is 1.13. The highest BCUT2D eigenvalue weighted by Crippen LogP contribution is 2.18. The summed E-state index contributed by atoms with van der Waals surface area (Å²) in [6.07, 6.45) is 26.4. The molecule has 0 aliphatic carbocycles. The summed E-state index contributed by atoms with van der Waals surface area (Å²) >= 11 is 0. The maximum absolute atomic E-state index is 2.55. The molecule has 0 radical (unpaired) electrons. The fourth-order valence-corrected chi connectivity index (χ4v) is 4.39. The second-order valence-corrected chi connectivity index (χ2v) is 9.82. The SMILES string of the molecule is CCCCCCCCCCC[n+]1ccc(/C=C/c2ccc(N(CCCC)CCCC)cc2)cc1. The zero-order valence-electron chi connectivity index (χ0n) is 22.5. The van der Waals surface area contributed by atoms with Crippen molar-refractivity contribution < 1.29 is 4.57 Å². The number of rotatable bonds is 19. The summed E-state index contributed by atoms with van der Waals surface area (Å²) in [5.74, 6) is 0. The number of benzene rings is 1. The summed E-state index contributed by atoms with van der Waals surface area (Å²) in [6.45, 7) is 10.3. The van der Waals surface area contributed by atoms with Gasteiger partial charge < -0.3 is 4.90 Å². The molecule has 0 amide bonds. The summed E-state index contributed by atoms with van der Waals surface area (Å²) in [5.41, 5.74) is 3.89. The van der Waals surface area contributed by atoms with Gasteiger partial charge in [0, 0.05) is 37.3 Å². The molecule has 2 aromatic rings. The van der Waals surface area contributed by atoms with E-state index in [2.05, 4.69) is 91.2 Å². The predicted octanol–water partition coefficient (Wildman–Crippen LogP) is 9.08. The molecule has 2 nitrogen and oxygen atoms in total. The number of aryl methyl sites for hydroxylation is 1. The van der Waals surface area contributed by atoms with Crippen molar-refractivity contribution in [2.45, 2.75) is 111 Å². The van der Waals surface area contributed by atoms with Gasteiger partial charge in [-0.25, -0.2) is 4.57 Å². The third-order valence-corrected chi connectivity index (χ3v) is 6.73. The Hall–Kier alpha value is -2.09. The number of pyridine rings is 1. The van der Waals surface area contributed by atoms with E-state index in [0.29, 0.717) is 0 Å². The molecule has 0 saturated carbocycles. The van der Waals surface area contributed by atoms with Crippen LogP contribution in [0, 0.1) is 0 Å². The van der Waals surface area contributed by atoms with Crippen molar-refractivity contribution in [1.82, 2.24) is 0 Å². The molecule has 0 aliphatic rings. The second kappa shape index (κ2) is 18.3. The predicted molar refractivity (Wildman–Crippen MR) is 151 cm³/mol. The molecule has 1 aromatic heterocycles. The van der Waals surface area contributed by atoms with Crippen LogP contribution in [-0.4, -0.2) is 13.1 Å². The molecule has 0 unspecified atom stereocenters. The minimum absolute atomic E-state index is 1.13. The Balaban J connectivity index is 1.73. The van der Waals surface area contributed by atoms with Crippen molar-refractivity contribution in [3.05, 3.63) is 59.9 Å². The van der Waals surface area contributed by atoms with Crippen LogP contribution in [0.2, 0.25) is 0 Å². The van der Waals surface area contributed by atoms with Crippen molar-refractivity contribution in [2.24, 2.45) is 0 Å². The number of unbranched alkanes of at least 4 members (excludes halogenated alkanes) is 10. The maximum Gasteiger partial charge on any atom is 0.169 e. The highest BCUT2D eigenvalue weighted by molar-refractivity contribution is 5.70. The summed E-state index contributed by atoms with van der Waals surface area (Å²) in [4.78, 5) is 2.55. The number of hydrogen-bond acceptors (Lipinski definition) is 1. The van der Waals surface area contributed by atoms with E-state index in [1.54, 1.807) is 0 Å². The van der Waals surface area contributed by atoms with E-state index in [-0.39, 0.29) is 0 Å². The first-order valence-corrected chi connectivity index (χ1v) is 14.3. The van der Waals surface area contributed by atoms with Gasteiger partial charge >= 0.3 is 0 Å². The zero-order chi connectivity index (χ0) is 24.3. The molecule has 188 valence electrons. The van der Waals surface area contributed by atoms with Crippen LogP contribution in [0.5, 0.6) is 0 Å². The van der Waals surface area contributed by atoms with E-state index >= 15 is 0 Å². The Morgan fingerprint density at radius 3 is 1.56 bits per heavy atom. The molecular weight excluding hydrogens is 412 g/mol. The van der Waals surface area contributed by atoms with Crippen LogP contribution in [0.25, 0.3) is 12.2 Å². The molecule has 34 heavy (non-hydrogen) atoms. The van der Waals surface area contributed by atoms with Crippen molar-refractivity contribution in [2.75, 3.05) is 18.0 Å². The van der Waals surface area contributed by atoms with Crippen LogP contribution >= 0.6 is 0 Å². The average molecular weight is 464 g/mol. The summed E-state index contributed by atoms with van der Waals surface area (Å²) in [6, 6.07) is 13.5. The Morgan fingerprint density at radius 1 is 0.559 bits per heavy atom. The van der Waals surface area contributed by atoms with Gasteiger partial charge in [-0.05, 0) is 42.5 Å². The lowest BCUT2D eigenvalue weighted by molar-refractivity contribution is -0.697. The minimum Gasteiger partial charge on any atom is -0.372 e. The standard InChI is InChI=1S/C32H51N2/c1-4-7-10-11-12-13-14-15-16-25-33-28-23-31(24-29-33)18-17-30-19-21-32(22-20-30)34(26-8-5-2)27-9-6-3/h17-24,28-29H,4-16,25-27H2,1-3H3/q+1. The topological polar surface area (TPSA) is 7.12 Å². The van der Waals surface area contributed by atoms with Crippen LogP contribution < -0.4 is 9.47 Å². The molecular formula is C32H51N2+. The van der Waals surface area contributed by atoms with Crippen molar-refractivity contribution in [1.29, 1.82) is 0 Å². The van der Waals surface area contributed by atoms with Gasteiger partial charge in [0.25, 0.3) is 0 Å². The van der Waals surface area contributed by atoms with Gasteiger partial charge in [-0.1, -0.05) is 103 Å². The largest absolute Gasteiger partial charge is 0.372 e. The van der Waals surface area contributed by atoms with Crippen LogP contribution in [0.1, 0.15) is 115 Å². The van der Waals surface area contributed by atoms with Gasteiger partial charge in [-0.15, -0.1) is 0 Å². The second-order valence-electron chi connectivity index (χ2n) is 9.82. The molecule has 1 aromatic carbocycles. The Labute approximate surface area is 211 Å². The lowest BCUT2D eigenvalue weighted by Gasteiger charge is -2.24. The Morgan fingerprint density at radius 2 is 1.03 bits per heavy atom. The highest BCUT2D eigenvalue weighted by atomic mass is 15.1. The van der Waals surface area contributed by atoms with Crippen molar-refractivity contribution >= 4 is 17.8 Å². The normalized spacial score (nSPS) is 11.4. The molecule has 0 saturated heterocycles. The molecule has 2 heteroatoms. The third-order valence-electron chi connectivity index (χ3n) is 6.73. The molecule has 0 aliphatic heterocycles. The van der Waals surface area contributed by atoms with Gasteiger partial charge in [0.15, 0.2) is 12.4 Å². The van der Waals surface area contributed by atoms with Gasteiger partial charge in [0.1, 0.15) is 6.54 Å². The molecule has 1 heterocycles.